The quantitative estimate of drug-likeness (QED) is 0.724. The number of hydrogen-bond acceptors (Lipinski definition) is 4. The second kappa shape index (κ2) is 7.75. The molecule has 0 radical (unpaired) electrons. The summed E-state index contributed by atoms with van der Waals surface area (Å²) in [4.78, 5) is 2.56. The van der Waals surface area contributed by atoms with Crippen LogP contribution in [0.5, 0.6) is 11.5 Å². The summed E-state index contributed by atoms with van der Waals surface area (Å²) >= 11 is 0.420. The Balaban J connectivity index is 1.81. The fraction of sp³-hybridized carbons (Fsp3) is 0.143. The van der Waals surface area contributed by atoms with Gasteiger partial charge in [-0.2, -0.15) is 0 Å². The van der Waals surface area contributed by atoms with Crippen LogP contribution in [0.2, 0.25) is 0 Å². The second-order valence-corrected chi connectivity index (χ2v) is 10.1. The van der Waals surface area contributed by atoms with E-state index in [1.165, 1.54) is 9.79 Å². The Kier molecular flexibility index (Phi) is 5.98. The molecule has 0 bridgehead atoms. The van der Waals surface area contributed by atoms with Gasteiger partial charge in [-0.1, -0.05) is 0 Å². The molecule has 5 heteroatoms. The van der Waals surface area contributed by atoms with E-state index >= 15 is 0 Å². The van der Waals surface area contributed by atoms with E-state index in [1.807, 2.05) is 44.6 Å². The standard InChI is InChI=1S/C14H14O2S2Se/c1-15-11-3-7-13(8-4-11)17-19-18-14-9-5-12(16-2)6-10-14/h3-10H,1-2H3. The molecule has 0 N–H and O–H groups in total. The Morgan fingerprint density at radius 1 is 0.684 bits per heavy atom. The molecule has 100 valence electrons. The van der Waals surface area contributed by atoms with Gasteiger partial charge in [-0.3, -0.25) is 0 Å². The third kappa shape index (κ3) is 4.69. The van der Waals surface area contributed by atoms with E-state index in [-0.39, 0.29) is 0 Å². The predicted molar refractivity (Wildman–Crippen MR) is 83.5 cm³/mol. The molecule has 0 spiro atoms. The molecule has 2 rings (SSSR count). The minimum absolute atomic E-state index is 0.420. The molecule has 0 unspecified atom stereocenters. The van der Waals surface area contributed by atoms with Crippen molar-refractivity contribution in [3.8, 4) is 11.5 Å². The summed E-state index contributed by atoms with van der Waals surface area (Å²) in [6.07, 6.45) is 0. The summed E-state index contributed by atoms with van der Waals surface area (Å²) in [6, 6.07) is 16.4. The topological polar surface area (TPSA) is 18.5 Å². The van der Waals surface area contributed by atoms with Gasteiger partial charge in [0.1, 0.15) is 0 Å². The maximum atomic E-state index is 5.14. The van der Waals surface area contributed by atoms with Crippen LogP contribution in [0.4, 0.5) is 0 Å². The fourth-order valence-electron chi connectivity index (χ4n) is 1.36. The summed E-state index contributed by atoms with van der Waals surface area (Å²) in [7, 11) is 7.14. The minimum atomic E-state index is 0.420. The third-order valence-electron chi connectivity index (χ3n) is 2.38. The number of methoxy groups -OCH3 is 2. The third-order valence-corrected chi connectivity index (χ3v) is 8.85. The van der Waals surface area contributed by atoms with Gasteiger partial charge in [0.05, 0.1) is 0 Å². The van der Waals surface area contributed by atoms with Gasteiger partial charge in [0.15, 0.2) is 0 Å². The van der Waals surface area contributed by atoms with Gasteiger partial charge in [-0.25, -0.2) is 0 Å². The van der Waals surface area contributed by atoms with Crippen LogP contribution in [0.1, 0.15) is 0 Å². The molecule has 19 heavy (non-hydrogen) atoms. The molecule has 0 fully saturated rings. The molecule has 0 aliphatic heterocycles. The summed E-state index contributed by atoms with van der Waals surface area (Å²) in [6.45, 7) is 0. The Morgan fingerprint density at radius 3 is 1.37 bits per heavy atom. The van der Waals surface area contributed by atoms with Crippen molar-refractivity contribution in [2.75, 3.05) is 14.2 Å². The average Bonchev–Trinajstić information content (AvgIpc) is 2.49. The van der Waals surface area contributed by atoms with E-state index in [4.69, 9.17) is 9.47 Å². The number of benzene rings is 2. The molecule has 0 amide bonds. The molecular formula is C14H14O2S2Se. The molecule has 2 aromatic carbocycles. The van der Waals surface area contributed by atoms with Gasteiger partial charge in [-0.15, -0.1) is 0 Å². The zero-order chi connectivity index (χ0) is 13.5. The molecule has 2 aromatic rings. The molecule has 0 saturated heterocycles. The molecule has 0 aromatic heterocycles. The first kappa shape index (κ1) is 14.7. The fourth-order valence-corrected chi connectivity index (χ4v) is 7.63. The van der Waals surface area contributed by atoms with Crippen molar-refractivity contribution >= 4 is 33.1 Å². The van der Waals surface area contributed by atoms with E-state index in [0.717, 1.165) is 11.5 Å². The van der Waals surface area contributed by atoms with Crippen LogP contribution < -0.4 is 9.47 Å². The monoisotopic (exact) mass is 358 g/mol. The van der Waals surface area contributed by atoms with Crippen LogP contribution in [0.3, 0.4) is 0 Å². The van der Waals surface area contributed by atoms with Gasteiger partial charge < -0.3 is 0 Å². The van der Waals surface area contributed by atoms with E-state index in [0.29, 0.717) is 12.7 Å². The van der Waals surface area contributed by atoms with Crippen LogP contribution in [0, 0.1) is 0 Å². The molecule has 2 nitrogen and oxygen atoms in total. The van der Waals surface area contributed by atoms with E-state index in [1.54, 1.807) is 14.2 Å². The van der Waals surface area contributed by atoms with Crippen molar-refractivity contribution in [1.29, 1.82) is 0 Å². The number of hydrogen-bond donors (Lipinski definition) is 0. The van der Waals surface area contributed by atoms with E-state index < -0.39 is 0 Å². The van der Waals surface area contributed by atoms with Gasteiger partial charge in [0, 0.05) is 0 Å². The van der Waals surface area contributed by atoms with Crippen molar-refractivity contribution in [2.24, 2.45) is 0 Å². The predicted octanol–water partition coefficient (Wildman–Crippen LogP) is 4.12. The van der Waals surface area contributed by atoms with Crippen molar-refractivity contribution in [1.82, 2.24) is 0 Å². The Bertz CT molecular complexity index is 452. The van der Waals surface area contributed by atoms with Gasteiger partial charge >= 0.3 is 127 Å². The molecule has 0 aliphatic rings. The maximum absolute atomic E-state index is 5.14. The van der Waals surface area contributed by atoms with Crippen molar-refractivity contribution in [2.45, 2.75) is 9.79 Å². The van der Waals surface area contributed by atoms with Crippen LogP contribution in [0.25, 0.3) is 0 Å². The van der Waals surface area contributed by atoms with Gasteiger partial charge in [0.2, 0.25) is 0 Å². The average molecular weight is 357 g/mol. The van der Waals surface area contributed by atoms with Crippen molar-refractivity contribution in [3.63, 3.8) is 0 Å². The molecule has 0 aliphatic carbocycles. The summed E-state index contributed by atoms with van der Waals surface area (Å²) < 4.78 is 10.3. The first-order valence-corrected chi connectivity index (χ1v) is 11.3. The first-order chi connectivity index (χ1) is 9.31. The SMILES string of the molecule is COc1ccc(S[Se]Sc2ccc(OC)cc2)cc1. The molecule has 0 atom stereocenters. The second-order valence-electron chi connectivity index (χ2n) is 3.59. The van der Waals surface area contributed by atoms with Crippen molar-refractivity contribution in [3.05, 3.63) is 48.5 Å². The number of ether oxygens (including phenoxy) is 2. The Hall–Kier alpha value is -0.741. The normalized spacial score (nSPS) is 10.2. The van der Waals surface area contributed by atoms with Crippen LogP contribution in [0.15, 0.2) is 58.3 Å². The first-order valence-electron chi connectivity index (χ1n) is 5.61. The molecule has 0 heterocycles. The van der Waals surface area contributed by atoms with Gasteiger partial charge in [-0.05, 0) is 0 Å². The van der Waals surface area contributed by atoms with E-state index in [2.05, 4.69) is 24.3 Å². The van der Waals surface area contributed by atoms with Crippen LogP contribution in [-0.4, -0.2) is 26.9 Å². The molecular weight excluding hydrogens is 343 g/mol. The summed E-state index contributed by atoms with van der Waals surface area (Å²) in [5.74, 6) is 1.80. The zero-order valence-electron chi connectivity index (χ0n) is 10.7. The Morgan fingerprint density at radius 2 is 1.05 bits per heavy atom. The van der Waals surface area contributed by atoms with Crippen LogP contribution >= 0.6 is 20.4 Å². The van der Waals surface area contributed by atoms with Gasteiger partial charge in [0.25, 0.3) is 0 Å². The van der Waals surface area contributed by atoms with Crippen molar-refractivity contribution < 1.29 is 9.47 Å². The zero-order valence-corrected chi connectivity index (χ0v) is 14.0. The summed E-state index contributed by atoms with van der Waals surface area (Å²) in [5, 5.41) is 0. The molecule has 0 saturated carbocycles. The Labute approximate surface area is 126 Å². The van der Waals surface area contributed by atoms with Crippen LogP contribution in [-0.2, 0) is 0 Å². The number of rotatable bonds is 6. The van der Waals surface area contributed by atoms with E-state index in [9.17, 15) is 0 Å². The summed E-state index contributed by atoms with van der Waals surface area (Å²) in [5.41, 5.74) is 0.